The molecule has 24 heavy (non-hydrogen) atoms. The Morgan fingerprint density at radius 1 is 1.33 bits per heavy atom. The smallest absolute Gasteiger partial charge is 0.330 e. The number of rotatable bonds is 6. The highest BCUT2D eigenvalue weighted by Gasteiger charge is 2.53. The predicted molar refractivity (Wildman–Crippen MR) is 94.2 cm³/mol. The van der Waals surface area contributed by atoms with E-state index in [1.165, 1.54) is 13.2 Å². The fourth-order valence-corrected chi connectivity index (χ4v) is 3.30. The van der Waals surface area contributed by atoms with Gasteiger partial charge in [-0.3, -0.25) is 0 Å². The molecule has 140 valence electrons. The van der Waals surface area contributed by atoms with E-state index in [0.717, 1.165) is 0 Å². The Bertz CT molecular complexity index is 480. The molecular weight excluding hydrogens is 328 g/mol. The van der Waals surface area contributed by atoms with Gasteiger partial charge in [-0.2, -0.15) is 0 Å². The van der Waals surface area contributed by atoms with Gasteiger partial charge >= 0.3 is 5.97 Å². The van der Waals surface area contributed by atoms with Crippen molar-refractivity contribution >= 4 is 14.3 Å². The average Bonchev–Trinajstić information content (AvgIpc) is 2.72. The van der Waals surface area contributed by atoms with Crippen LogP contribution in [0.5, 0.6) is 0 Å². The molecule has 7 heteroatoms. The molecule has 0 radical (unpaired) electrons. The standard InChI is InChI=1S/C17H32O6Si/c1-15(2,3)24(7,8)21-12-17(10-9-14(19)20-6)13(11-18)22-16(4,5)23-17/h9-10,13,18H,11-12H2,1-8H3/b10-9+/t13-,17-/m0/s1. The Morgan fingerprint density at radius 2 is 1.92 bits per heavy atom. The number of hydrogen-bond acceptors (Lipinski definition) is 6. The van der Waals surface area contributed by atoms with E-state index >= 15 is 0 Å². The fourth-order valence-electron chi connectivity index (χ4n) is 2.28. The lowest BCUT2D eigenvalue weighted by atomic mass is 9.97. The van der Waals surface area contributed by atoms with Crippen molar-refractivity contribution in [1.82, 2.24) is 0 Å². The maximum absolute atomic E-state index is 11.5. The molecule has 1 heterocycles. The highest BCUT2D eigenvalue weighted by atomic mass is 28.4. The van der Waals surface area contributed by atoms with E-state index < -0.39 is 31.8 Å². The van der Waals surface area contributed by atoms with Crippen LogP contribution in [0.3, 0.4) is 0 Å². The molecule has 1 rings (SSSR count). The van der Waals surface area contributed by atoms with E-state index in [9.17, 15) is 9.90 Å². The minimum Gasteiger partial charge on any atom is -0.466 e. The van der Waals surface area contributed by atoms with Crippen LogP contribution in [0.2, 0.25) is 18.1 Å². The van der Waals surface area contributed by atoms with Crippen LogP contribution in [0.4, 0.5) is 0 Å². The first-order valence-electron chi connectivity index (χ1n) is 8.18. The number of methoxy groups -OCH3 is 1. The number of aliphatic hydroxyl groups is 1. The maximum Gasteiger partial charge on any atom is 0.330 e. The van der Waals surface area contributed by atoms with Gasteiger partial charge in [0.25, 0.3) is 0 Å². The second-order valence-corrected chi connectivity index (χ2v) is 13.0. The van der Waals surface area contributed by atoms with E-state index in [4.69, 9.17) is 13.9 Å². The van der Waals surface area contributed by atoms with Crippen molar-refractivity contribution in [3.8, 4) is 0 Å². The summed E-state index contributed by atoms with van der Waals surface area (Å²) in [6.07, 6.45) is 2.25. The number of carbonyl (C=O) groups is 1. The van der Waals surface area contributed by atoms with Gasteiger partial charge in [0.15, 0.2) is 14.1 Å². The lowest BCUT2D eigenvalue weighted by Crippen LogP contribution is -2.50. The zero-order valence-electron chi connectivity index (χ0n) is 16.1. The van der Waals surface area contributed by atoms with E-state index in [1.54, 1.807) is 19.9 Å². The number of carbonyl (C=O) groups excluding carboxylic acids is 1. The van der Waals surface area contributed by atoms with Crippen LogP contribution < -0.4 is 0 Å². The molecule has 1 aliphatic heterocycles. The van der Waals surface area contributed by atoms with Crippen LogP contribution >= 0.6 is 0 Å². The summed E-state index contributed by atoms with van der Waals surface area (Å²) in [5.41, 5.74) is -1.04. The van der Waals surface area contributed by atoms with Gasteiger partial charge in [-0.25, -0.2) is 4.79 Å². The summed E-state index contributed by atoms with van der Waals surface area (Å²) < 4.78 is 22.8. The summed E-state index contributed by atoms with van der Waals surface area (Å²) in [5.74, 6) is -1.38. The summed E-state index contributed by atoms with van der Waals surface area (Å²) in [6.45, 7) is 14.2. The van der Waals surface area contributed by atoms with Crippen molar-refractivity contribution in [3.05, 3.63) is 12.2 Å². The minimum absolute atomic E-state index is 0.0317. The van der Waals surface area contributed by atoms with Crippen LogP contribution in [0.15, 0.2) is 12.2 Å². The summed E-state index contributed by atoms with van der Waals surface area (Å²) in [7, 11) is -0.729. The average molecular weight is 361 g/mol. The Morgan fingerprint density at radius 3 is 2.38 bits per heavy atom. The molecule has 1 aliphatic rings. The second kappa shape index (κ2) is 7.25. The molecule has 0 aliphatic carbocycles. The third kappa shape index (κ3) is 4.89. The Kier molecular flexibility index (Phi) is 6.44. The van der Waals surface area contributed by atoms with E-state index in [-0.39, 0.29) is 18.3 Å². The van der Waals surface area contributed by atoms with Gasteiger partial charge in [0, 0.05) is 6.08 Å². The van der Waals surface area contributed by atoms with Crippen molar-refractivity contribution in [2.24, 2.45) is 0 Å². The predicted octanol–water partition coefficient (Wildman–Crippen LogP) is 2.62. The van der Waals surface area contributed by atoms with E-state index in [0.29, 0.717) is 0 Å². The van der Waals surface area contributed by atoms with Gasteiger partial charge in [-0.05, 0) is 38.1 Å². The number of esters is 1. The largest absolute Gasteiger partial charge is 0.466 e. The molecule has 1 fully saturated rings. The first-order chi connectivity index (χ1) is 10.8. The van der Waals surface area contributed by atoms with Crippen molar-refractivity contribution in [2.45, 2.75) is 70.2 Å². The normalized spacial score (nSPS) is 27.6. The Hall–Kier alpha value is -0.733. The summed E-state index contributed by atoms with van der Waals surface area (Å²) in [5, 5.41) is 9.78. The van der Waals surface area contributed by atoms with Gasteiger partial charge in [0.05, 0.1) is 20.3 Å². The summed E-state index contributed by atoms with van der Waals surface area (Å²) >= 11 is 0. The van der Waals surface area contributed by atoms with Gasteiger partial charge in [-0.15, -0.1) is 0 Å². The van der Waals surface area contributed by atoms with Crippen LogP contribution in [0, 0.1) is 0 Å². The molecule has 0 bridgehead atoms. The molecular formula is C17H32O6Si. The summed E-state index contributed by atoms with van der Waals surface area (Å²) in [4.78, 5) is 11.5. The van der Waals surface area contributed by atoms with Gasteiger partial charge < -0.3 is 23.7 Å². The quantitative estimate of drug-likeness (QED) is 0.446. The van der Waals surface area contributed by atoms with Crippen LogP contribution in [0.1, 0.15) is 34.6 Å². The number of aliphatic hydroxyl groups excluding tert-OH is 1. The third-order valence-corrected chi connectivity index (χ3v) is 9.22. The molecule has 0 unspecified atom stereocenters. The minimum atomic E-state index is -2.04. The topological polar surface area (TPSA) is 74.2 Å². The highest BCUT2D eigenvalue weighted by molar-refractivity contribution is 6.74. The van der Waals surface area contributed by atoms with Crippen LogP contribution in [-0.4, -0.2) is 57.2 Å². The van der Waals surface area contributed by atoms with Gasteiger partial charge in [0.2, 0.25) is 0 Å². The van der Waals surface area contributed by atoms with Crippen LogP contribution in [0.25, 0.3) is 0 Å². The summed E-state index contributed by atoms with van der Waals surface area (Å²) in [6, 6.07) is 0. The Labute approximate surface area is 146 Å². The molecule has 0 aromatic rings. The number of ether oxygens (including phenoxy) is 3. The lowest BCUT2D eigenvalue weighted by Gasteiger charge is -2.39. The first-order valence-corrected chi connectivity index (χ1v) is 11.1. The monoisotopic (exact) mass is 360 g/mol. The molecule has 2 atom stereocenters. The molecule has 1 saturated heterocycles. The van der Waals surface area contributed by atoms with Crippen molar-refractivity contribution in [2.75, 3.05) is 20.3 Å². The Balaban J connectivity index is 3.11. The van der Waals surface area contributed by atoms with E-state index in [1.807, 2.05) is 0 Å². The molecule has 0 amide bonds. The van der Waals surface area contributed by atoms with Crippen molar-refractivity contribution in [1.29, 1.82) is 0 Å². The highest BCUT2D eigenvalue weighted by Crippen LogP contribution is 2.41. The zero-order valence-corrected chi connectivity index (χ0v) is 17.1. The van der Waals surface area contributed by atoms with Gasteiger partial charge in [0.1, 0.15) is 11.7 Å². The lowest BCUT2D eigenvalue weighted by molar-refractivity contribution is -0.161. The SMILES string of the molecule is COC(=O)/C=C/[C@@]1(CO[Si](C)(C)C(C)(C)C)OC(C)(C)O[C@H]1CO. The molecule has 1 N–H and O–H groups in total. The van der Waals surface area contributed by atoms with Crippen molar-refractivity contribution < 1.29 is 28.5 Å². The van der Waals surface area contributed by atoms with Gasteiger partial charge in [-0.1, -0.05) is 20.8 Å². The second-order valence-electron chi connectivity index (χ2n) is 8.15. The van der Waals surface area contributed by atoms with E-state index in [2.05, 4.69) is 38.6 Å². The molecule has 0 saturated carbocycles. The molecule has 0 aromatic carbocycles. The first kappa shape index (κ1) is 21.3. The molecule has 0 aromatic heterocycles. The number of hydrogen-bond donors (Lipinski definition) is 1. The van der Waals surface area contributed by atoms with Crippen LogP contribution in [-0.2, 0) is 23.4 Å². The van der Waals surface area contributed by atoms with Crippen molar-refractivity contribution in [3.63, 3.8) is 0 Å². The third-order valence-electron chi connectivity index (χ3n) is 4.74. The zero-order chi connectivity index (χ0) is 18.8. The molecule has 6 nitrogen and oxygen atoms in total. The fraction of sp³-hybridized carbons (Fsp3) is 0.824. The maximum atomic E-state index is 11.5. The molecule has 0 spiro atoms.